The quantitative estimate of drug-likeness (QED) is 0.547. The minimum Gasteiger partial charge on any atom is -0.441 e. The molecule has 2 aromatic rings. The number of hydrogen-bond donors (Lipinski definition) is 1. The summed E-state index contributed by atoms with van der Waals surface area (Å²) in [5, 5.41) is 2.38. The first-order valence-electron chi connectivity index (χ1n) is 9.66. The van der Waals surface area contributed by atoms with Gasteiger partial charge in [0.05, 0.1) is 15.7 Å². The molecule has 9 heteroatoms. The number of benzene rings is 1. The topological polar surface area (TPSA) is 82.9 Å². The number of carbonyl (C=O) groups is 3. The zero-order valence-corrected chi connectivity index (χ0v) is 17.5. The Morgan fingerprint density at radius 1 is 0.967 bits per heavy atom. The van der Waals surface area contributed by atoms with E-state index in [-0.39, 0.29) is 21.3 Å². The van der Waals surface area contributed by atoms with Crippen LogP contribution in [0.5, 0.6) is 0 Å². The van der Waals surface area contributed by atoms with E-state index in [1.807, 2.05) is 6.07 Å². The SMILES string of the molecule is O=C1NC(=O)N(c2cccc(Cl)c2Cl)C(=O)/C1=C/c1ccc(N2CCCCCC2)o1. The molecule has 2 saturated heterocycles. The van der Waals surface area contributed by atoms with Crippen LogP contribution in [0, 0.1) is 0 Å². The van der Waals surface area contributed by atoms with E-state index in [1.54, 1.807) is 12.1 Å². The molecule has 3 heterocycles. The molecule has 2 aliphatic heterocycles. The van der Waals surface area contributed by atoms with Crippen molar-refractivity contribution in [3.05, 3.63) is 51.7 Å². The fourth-order valence-electron chi connectivity index (χ4n) is 3.56. The highest BCUT2D eigenvalue weighted by Gasteiger charge is 2.38. The van der Waals surface area contributed by atoms with Crippen LogP contribution in [0.1, 0.15) is 31.4 Å². The Hall–Kier alpha value is -2.77. The minimum atomic E-state index is -0.893. The summed E-state index contributed by atoms with van der Waals surface area (Å²) >= 11 is 12.2. The summed E-state index contributed by atoms with van der Waals surface area (Å²) in [7, 11) is 0. The number of barbiturate groups is 1. The number of imide groups is 2. The summed E-state index contributed by atoms with van der Waals surface area (Å²) in [4.78, 5) is 40.6. The molecule has 30 heavy (non-hydrogen) atoms. The Bertz CT molecular complexity index is 1040. The number of anilines is 2. The van der Waals surface area contributed by atoms with Gasteiger partial charge in [-0.25, -0.2) is 9.69 Å². The minimum absolute atomic E-state index is 0.0396. The highest BCUT2D eigenvalue weighted by molar-refractivity contribution is 6.46. The van der Waals surface area contributed by atoms with Crippen molar-refractivity contribution in [2.45, 2.75) is 25.7 Å². The average molecular weight is 448 g/mol. The zero-order valence-electron chi connectivity index (χ0n) is 16.0. The fourth-order valence-corrected chi connectivity index (χ4v) is 3.94. The molecule has 0 saturated carbocycles. The first kappa shape index (κ1) is 20.5. The van der Waals surface area contributed by atoms with Crippen molar-refractivity contribution >= 4 is 58.7 Å². The Kier molecular flexibility index (Phi) is 5.83. The van der Waals surface area contributed by atoms with E-state index in [9.17, 15) is 14.4 Å². The van der Waals surface area contributed by atoms with Crippen molar-refractivity contribution in [1.82, 2.24) is 5.32 Å². The summed E-state index contributed by atoms with van der Waals surface area (Å²) in [5.41, 5.74) is -0.142. The molecule has 4 rings (SSSR count). The predicted octanol–water partition coefficient (Wildman–Crippen LogP) is 4.63. The largest absolute Gasteiger partial charge is 0.441 e. The number of carbonyl (C=O) groups excluding carboxylic acids is 3. The number of urea groups is 1. The predicted molar refractivity (Wildman–Crippen MR) is 115 cm³/mol. The Balaban J connectivity index is 1.64. The van der Waals surface area contributed by atoms with Crippen LogP contribution in [0.2, 0.25) is 10.0 Å². The van der Waals surface area contributed by atoms with Gasteiger partial charge >= 0.3 is 6.03 Å². The number of rotatable bonds is 3. The summed E-state index contributed by atoms with van der Waals surface area (Å²) in [6.07, 6.45) is 5.90. The smallest absolute Gasteiger partial charge is 0.336 e. The Labute approximate surface area is 183 Å². The van der Waals surface area contributed by atoms with Crippen LogP contribution < -0.4 is 15.1 Å². The summed E-state index contributed by atoms with van der Waals surface area (Å²) in [6, 6.07) is 7.19. The van der Waals surface area contributed by atoms with Gasteiger partial charge in [-0.3, -0.25) is 14.9 Å². The standard InChI is InChI=1S/C21H19Cl2N3O4/c22-15-6-5-7-16(18(15)23)26-20(28)14(19(27)24-21(26)29)12-13-8-9-17(30-13)25-10-3-1-2-4-11-25/h5-9,12H,1-4,10-11H2,(H,24,27,29)/b14-12+. The van der Waals surface area contributed by atoms with Crippen LogP contribution in [-0.4, -0.2) is 30.9 Å². The molecule has 1 aromatic carbocycles. The van der Waals surface area contributed by atoms with Crippen LogP contribution in [0.3, 0.4) is 0 Å². The molecule has 156 valence electrons. The lowest BCUT2D eigenvalue weighted by molar-refractivity contribution is -0.122. The summed E-state index contributed by atoms with van der Waals surface area (Å²) in [5.74, 6) is -0.565. The van der Waals surface area contributed by atoms with Crippen molar-refractivity contribution in [3.63, 3.8) is 0 Å². The van der Waals surface area contributed by atoms with E-state index in [1.165, 1.54) is 31.1 Å². The molecule has 7 nitrogen and oxygen atoms in total. The van der Waals surface area contributed by atoms with Crippen LogP contribution in [-0.2, 0) is 9.59 Å². The van der Waals surface area contributed by atoms with Crippen molar-refractivity contribution in [3.8, 4) is 0 Å². The molecular formula is C21H19Cl2N3O4. The average Bonchev–Trinajstić information content (AvgIpc) is 3.00. The molecule has 0 spiro atoms. The number of hydrogen-bond acceptors (Lipinski definition) is 5. The third-order valence-corrected chi connectivity index (χ3v) is 5.90. The molecule has 0 bridgehead atoms. The molecule has 0 atom stereocenters. The van der Waals surface area contributed by atoms with Crippen molar-refractivity contribution in [1.29, 1.82) is 0 Å². The lowest BCUT2D eigenvalue weighted by atomic mass is 10.1. The number of amides is 4. The van der Waals surface area contributed by atoms with E-state index >= 15 is 0 Å². The first-order valence-corrected chi connectivity index (χ1v) is 10.4. The second kappa shape index (κ2) is 8.53. The lowest BCUT2D eigenvalue weighted by Crippen LogP contribution is -2.54. The Morgan fingerprint density at radius 3 is 2.43 bits per heavy atom. The van der Waals surface area contributed by atoms with E-state index in [0.29, 0.717) is 11.6 Å². The number of nitrogens with zero attached hydrogens (tertiary/aromatic N) is 2. The fraction of sp³-hybridized carbons (Fsp3) is 0.286. The van der Waals surface area contributed by atoms with Crippen LogP contribution in [0.4, 0.5) is 16.4 Å². The van der Waals surface area contributed by atoms with Gasteiger partial charge in [-0.15, -0.1) is 0 Å². The second-order valence-electron chi connectivity index (χ2n) is 7.11. The number of furan rings is 1. The molecule has 2 fully saturated rings. The van der Waals surface area contributed by atoms with E-state index in [0.717, 1.165) is 30.8 Å². The van der Waals surface area contributed by atoms with E-state index in [2.05, 4.69) is 10.2 Å². The van der Waals surface area contributed by atoms with Crippen molar-refractivity contribution in [2.24, 2.45) is 0 Å². The van der Waals surface area contributed by atoms with Gasteiger partial charge in [-0.2, -0.15) is 0 Å². The van der Waals surface area contributed by atoms with E-state index < -0.39 is 17.8 Å². The molecule has 1 N–H and O–H groups in total. The van der Waals surface area contributed by atoms with Gasteiger partial charge in [-0.1, -0.05) is 42.1 Å². The number of nitrogens with one attached hydrogen (secondary N) is 1. The first-order chi connectivity index (χ1) is 14.5. The Morgan fingerprint density at radius 2 is 1.70 bits per heavy atom. The highest BCUT2D eigenvalue weighted by atomic mass is 35.5. The van der Waals surface area contributed by atoms with Crippen LogP contribution >= 0.6 is 23.2 Å². The second-order valence-corrected chi connectivity index (χ2v) is 7.89. The maximum atomic E-state index is 13.0. The van der Waals surface area contributed by atoms with Crippen molar-refractivity contribution < 1.29 is 18.8 Å². The van der Waals surface area contributed by atoms with Gasteiger partial charge < -0.3 is 9.32 Å². The van der Waals surface area contributed by atoms with Crippen molar-refractivity contribution in [2.75, 3.05) is 22.9 Å². The van der Waals surface area contributed by atoms with Gasteiger partial charge in [0.2, 0.25) is 0 Å². The zero-order chi connectivity index (χ0) is 21.3. The van der Waals surface area contributed by atoms with Crippen LogP contribution in [0.15, 0.2) is 40.3 Å². The van der Waals surface area contributed by atoms with Gasteiger partial charge in [0.15, 0.2) is 5.88 Å². The molecule has 2 aliphatic rings. The molecule has 0 unspecified atom stereocenters. The van der Waals surface area contributed by atoms with Gasteiger partial charge in [0.1, 0.15) is 11.3 Å². The third-order valence-electron chi connectivity index (χ3n) is 5.09. The van der Waals surface area contributed by atoms with Gasteiger partial charge in [0, 0.05) is 19.2 Å². The molecule has 4 amide bonds. The highest BCUT2D eigenvalue weighted by Crippen LogP contribution is 2.34. The molecule has 0 aliphatic carbocycles. The van der Waals surface area contributed by atoms with E-state index in [4.69, 9.17) is 27.6 Å². The van der Waals surface area contributed by atoms with Gasteiger partial charge in [-0.05, 0) is 37.1 Å². The molecular weight excluding hydrogens is 429 g/mol. The molecule has 1 aromatic heterocycles. The summed E-state index contributed by atoms with van der Waals surface area (Å²) < 4.78 is 5.86. The normalized spacial score (nSPS) is 19.3. The maximum absolute atomic E-state index is 13.0. The monoisotopic (exact) mass is 447 g/mol. The molecule has 0 radical (unpaired) electrons. The number of halogens is 2. The third kappa shape index (κ3) is 3.95. The maximum Gasteiger partial charge on any atom is 0.336 e. The summed E-state index contributed by atoms with van der Waals surface area (Å²) in [6.45, 7) is 1.80. The van der Waals surface area contributed by atoms with Gasteiger partial charge in [0.25, 0.3) is 11.8 Å². The van der Waals surface area contributed by atoms with Crippen LogP contribution in [0.25, 0.3) is 6.08 Å². The lowest BCUT2D eigenvalue weighted by Gasteiger charge is -2.27.